The number of tetrazole rings is 1. The van der Waals surface area contributed by atoms with Gasteiger partial charge in [0, 0.05) is 31.7 Å². The smallest absolute Gasteiger partial charge is 0.543 e. The summed E-state index contributed by atoms with van der Waals surface area (Å²) in [5, 5.41) is 28.5. The number of β-lactam (4-membered cyclic amide) rings is 1. The van der Waals surface area contributed by atoms with Gasteiger partial charge in [0.05, 0.1) is 24.3 Å². The first-order valence-electron chi connectivity index (χ1n) is 9.90. The van der Waals surface area contributed by atoms with E-state index < -0.39 is 45.4 Å². The minimum atomic E-state index is -3.84. The molecule has 0 aliphatic carbocycles. The average Bonchev–Trinajstić information content (AvgIpc) is 3.41. The van der Waals surface area contributed by atoms with Gasteiger partial charge in [0.25, 0.3) is 17.5 Å². The number of ether oxygens (including phenoxy) is 1. The summed E-state index contributed by atoms with van der Waals surface area (Å²) in [7, 11) is -1.00. The number of carboxylic acid groups (broad SMARTS) is 1. The van der Waals surface area contributed by atoms with Gasteiger partial charge in [0.1, 0.15) is 11.1 Å². The number of fused-ring (bicyclic) bond motifs is 1. The number of aliphatic carboxylic acids is 1. The second-order valence-corrected chi connectivity index (χ2v) is 11.1. The predicted molar refractivity (Wildman–Crippen MR) is 118 cm³/mol. The SMILES string of the molecule is CO[C@@]1(NC(=O)Cc2cc(OS(C)(=O)=O)no2)C(=O)N2C(C(=O)[O-])=C(CSc3nnnn3C)CS[C@H]21.[Na+]. The summed E-state index contributed by atoms with van der Waals surface area (Å²) < 4.78 is 38.6. The fourth-order valence-corrected chi connectivity index (χ4v) is 6.34. The number of aromatic nitrogens is 5. The Bertz CT molecular complexity index is 1360. The molecule has 2 aromatic heterocycles. The second-order valence-electron chi connectivity index (χ2n) is 7.54. The molecule has 2 aliphatic rings. The van der Waals surface area contributed by atoms with E-state index in [0.717, 1.165) is 17.2 Å². The Balaban J connectivity index is 0.00000380. The number of carbonyl (C=O) groups excluding carboxylic acids is 3. The number of nitrogens with zero attached hydrogens (tertiary/aromatic N) is 6. The molecule has 20 heteroatoms. The molecule has 4 rings (SSSR count). The summed E-state index contributed by atoms with van der Waals surface area (Å²) in [5.41, 5.74) is -1.71. The third-order valence-corrected chi connectivity index (χ3v) is 7.96. The van der Waals surface area contributed by atoms with Crippen molar-refractivity contribution in [1.29, 1.82) is 0 Å². The molecule has 0 unspecified atom stereocenters. The van der Waals surface area contributed by atoms with Gasteiger partial charge in [-0.1, -0.05) is 11.8 Å². The Labute approximate surface area is 240 Å². The minimum Gasteiger partial charge on any atom is -0.543 e. The van der Waals surface area contributed by atoms with E-state index in [4.69, 9.17) is 9.26 Å². The zero-order chi connectivity index (χ0) is 26.3. The maximum absolute atomic E-state index is 13.1. The van der Waals surface area contributed by atoms with Gasteiger partial charge in [-0.3, -0.25) is 14.5 Å². The molecule has 1 saturated heterocycles. The zero-order valence-electron chi connectivity index (χ0n) is 19.9. The predicted octanol–water partition coefficient (Wildman–Crippen LogP) is -5.75. The van der Waals surface area contributed by atoms with Crippen LogP contribution in [0.3, 0.4) is 0 Å². The first-order chi connectivity index (χ1) is 16.9. The maximum Gasteiger partial charge on any atom is 1.00 e. The summed E-state index contributed by atoms with van der Waals surface area (Å²) in [5.74, 6) is -3.05. The largest absolute Gasteiger partial charge is 1.00 e. The zero-order valence-corrected chi connectivity index (χ0v) is 24.3. The molecule has 0 spiro atoms. The fourth-order valence-electron chi connectivity index (χ4n) is 3.52. The number of carbonyl (C=O) groups is 3. The van der Waals surface area contributed by atoms with Gasteiger partial charge in [0.2, 0.25) is 11.1 Å². The van der Waals surface area contributed by atoms with Crippen LogP contribution >= 0.6 is 23.5 Å². The Hall–Kier alpha value is -2.16. The quantitative estimate of drug-likeness (QED) is 0.0907. The third kappa shape index (κ3) is 5.96. The van der Waals surface area contributed by atoms with Crippen LogP contribution in [0.1, 0.15) is 5.76 Å². The number of hydrogen-bond donors (Lipinski definition) is 1. The van der Waals surface area contributed by atoms with Crippen molar-refractivity contribution in [3.8, 4) is 5.88 Å². The molecule has 1 fully saturated rings. The van der Waals surface area contributed by atoms with Gasteiger partial charge in [-0.15, -0.1) is 16.9 Å². The number of aryl methyl sites for hydroxylation is 1. The first kappa shape index (κ1) is 29.4. The number of carboxylic acids is 1. The van der Waals surface area contributed by atoms with Crippen molar-refractivity contribution in [1.82, 2.24) is 35.6 Å². The molecular weight excluding hydrogens is 565 g/mol. The van der Waals surface area contributed by atoms with Crippen molar-refractivity contribution >= 4 is 51.4 Å². The molecule has 2 amide bonds. The number of nitrogens with one attached hydrogen (secondary N) is 1. The molecule has 37 heavy (non-hydrogen) atoms. The molecule has 2 aliphatic heterocycles. The molecule has 0 bridgehead atoms. The van der Waals surface area contributed by atoms with Crippen LogP contribution in [0.4, 0.5) is 0 Å². The molecule has 0 aromatic carbocycles. The topological polar surface area (TPSA) is 212 Å². The Morgan fingerprint density at radius 2 is 2.16 bits per heavy atom. The molecule has 2 atom stereocenters. The molecule has 4 heterocycles. The van der Waals surface area contributed by atoms with Gasteiger partial charge < -0.3 is 28.7 Å². The first-order valence-corrected chi connectivity index (χ1v) is 13.7. The average molecular weight is 584 g/mol. The monoisotopic (exact) mass is 583 g/mol. The van der Waals surface area contributed by atoms with Gasteiger partial charge in [-0.2, -0.15) is 8.42 Å². The van der Waals surface area contributed by atoms with Gasteiger partial charge >= 0.3 is 39.7 Å². The van der Waals surface area contributed by atoms with E-state index in [-0.39, 0.29) is 58.4 Å². The van der Waals surface area contributed by atoms with Crippen LogP contribution in [0, 0.1) is 0 Å². The molecule has 2 aromatic rings. The minimum absolute atomic E-state index is 0. The van der Waals surface area contributed by atoms with Crippen molar-refractivity contribution in [2.24, 2.45) is 7.05 Å². The van der Waals surface area contributed by atoms with Gasteiger partial charge in [-0.05, 0) is 21.2 Å². The van der Waals surface area contributed by atoms with Crippen molar-refractivity contribution in [2.45, 2.75) is 22.7 Å². The second kappa shape index (κ2) is 11.3. The van der Waals surface area contributed by atoms with Gasteiger partial charge in [0.15, 0.2) is 0 Å². The fraction of sp³-hybridized carbons (Fsp3) is 0.471. The van der Waals surface area contributed by atoms with Crippen molar-refractivity contribution in [3.63, 3.8) is 0 Å². The standard InChI is InChI=1S/C17H19N7O9S3.Na/c1-23-16(19-21-22-23)35-7-8-6-34-15-17(31-2,14(28)24(15)12(8)13(26)27)18-10(25)4-9-5-11(20-32-9)33-36(3,29)30;/h5,15H,4,6-7H2,1-3H3,(H,18,25)(H,26,27);/q;+1/p-1/t15-,17-;/m0./s1. The van der Waals surface area contributed by atoms with Crippen LogP contribution in [0.5, 0.6) is 5.88 Å². The van der Waals surface area contributed by atoms with E-state index in [9.17, 15) is 27.9 Å². The molecule has 1 N–H and O–H groups in total. The Morgan fingerprint density at radius 3 is 2.76 bits per heavy atom. The number of amides is 2. The summed E-state index contributed by atoms with van der Waals surface area (Å²) in [6, 6.07) is 1.11. The summed E-state index contributed by atoms with van der Waals surface area (Å²) >= 11 is 2.39. The van der Waals surface area contributed by atoms with Crippen LogP contribution < -0.4 is 44.2 Å². The number of methoxy groups -OCH3 is 1. The summed E-state index contributed by atoms with van der Waals surface area (Å²) in [6.45, 7) is 0. The molecule has 0 radical (unpaired) electrons. The summed E-state index contributed by atoms with van der Waals surface area (Å²) in [4.78, 5) is 38.8. The number of thioether (sulfide) groups is 2. The van der Waals surface area contributed by atoms with E-state index in [1.54, 1.807) is 7.05 Å². The van der Waals surface area contributed by atoms with E-state index in [0.29, 0.717) is 10.7 Å². The normalized spacial score (nSPS) is 21.1. The van der Waals surface area contributed by atoms with Gasteiger partial charge in [-0.25, -0.2) is 4.68 Å². The summed E-state index contributed by atoms with van der Waals surface area (Å²) in [6.07, 6.45) is 0.394. The van der Waals surface area contributed by atoms with Crippen molar-refractivity contribution in [2.75, 3.05) is 24.9 Å². The Kier molecular flexibility index (Phi) is 8.97. The van der Waals surface area contributed by atoms with E-state index in [1.807, 2.05) is 0 Å². The molecule has 16 nitrogen and oxygen atoms in total. The van der Waals surface area contributed by atoms with Crippen molar-refractivity contribution < 1.29 is 70.9 Å². The molecule has 0 saturated carbocycles. The molecule has 194 valence electrons. The van der Waals surface area contributed by atoms with Crippen LogP contribution in [0.25, 0.3) is 0 Å². The number of rotatable bonds is 10. The molecular formula is C17H18N7NaO9S3. The van der Waals surface area contributed by atoms with Crippen LogP contribution in [0.2, 0.25) is 0 Å². The van der Waals surface area contributed by atoms with Crippen molar-refractivity contribution in [3.05, 3.63) is 23.1 Å². The van der Waals surface area contributed by atoms with Crippen LogP contribution in [0.15, 0.2) is 27.0 Å². The third-order valence-electron chi connectivity index (χ3n) is 5.02. The van der Waals surface area contributed by atoms with E-state index in [2.05, 4.69) is 30.2 Å². The maximum atomic E-state index is 13.1. The van der Waals surface area contributed by atoms with Crippen LogP contribution in [-0.4, -0.2) is 92.4 Å². The van der Waals surface area contributed by atoms with E-state index in [1.165, 1.54) is 35.3 Å². The van der Waals surface area contributed by atoms with Crippen LogP contribution in [-0.2, 0) is 42.7 Å². The van der Waals surface area contributed by atoms with E-state index >= 15 is 0 Å². The Morgan fingerprint density at radius 1 is 1.43 bits per heavy atom. The number of hydrogen-bond acceptors (Lipinski definition) is 15.